The second-order valence-electron chi connectivity index (χ2n) is 5.14. The topological polar surface area (TPSA) is 98.7 Å². The Kier molecular flexibility index (Phi) is 5.10. The number of hydrogen-bond donors (Lipinski definition) is 4. The van der Waals surface area contributed by atoms with E-state index in [-0.39, 0.29) is 24.8 Å². The molecule has 0 aromatic heterocycles. The number of hydrogen-bond acceptors (Lipinski definition) is 4. The zero-order valence-electron chi connectivity index (χ0n) is 10.9. The number of aliphatic carboxylic acids is 1. The Bertz CT molecular complexity index is 311. The lowest BCUT2D eigenvalue weighted by molar-refractivity contribution is -0.147. The zero-order chi connectivity index (χ0) is 13.8. The van der Waals surface area contributed by atoms with Crippen LogP contribution in [0.3, 0.4) is 0 Å². The van der Waals surface area contributed by atoms with Crippen molar-refractivity contribution in [2.45, 2.75) is 32.8 Å². The first-order valence-corrected chi connectivity index (χ1v) is 6.30. The molecule has 0 spiro atoms. The van der Waals surface area contributed by atoms with Gasteiger partial charge in [0, 0.05) is 19.5 Å². The van der Waals surface area contributed by atoms with E-state index in [4.69, 9.17) is 10.2 Å². The summed E-state index contributed by atoms with van der Waals surface area (Å²) in [7, 11) is 0. The van der Waals surface area contributed by atoms with Crippen LogP contribution in [-0.2, 0) is 9.59 Å². The Morgan fingerprint density at radius 2 is 2.11 bits per heavy atom. The van der Waals surface area contributed by atoms with E-state index in [2.05, 4.69) is 10.6 Å². The summed E-state index contributed by atoms with van der Waals surface area (Å²) in [5.41, 5.74) is -0.409. The van der Waals surface area contributed by atoms with Gasteiger partial charge in [0.2, 0.25) is 5.91 Å². The molecule has 0 aromatic rings. The number of nitrogens with one attached hydrogen (secondary N) is 2. The molecule has 4 N–H and O–H groups in total. The second kappa shape index (κ2) is 6.15. The summed E-state index contributed by atoms with van der Waals surface area (Å²) in [4.78, 5) is 22.6. The molecule has 6 heteroatoms. The normalized spacial score (nSPS) is 25.1. The highest BCUT2D eigenvalue weighted by Gasteiger charge is 2.43. The van der Waals surface area contributed by atoms with Crippen molar-refractivity contribution < 1.29 is 19.8 Å². The van der Waals surface area contributed by atoms with Crippen molar-refractivity contribution in [1.29, 1.82) is 0 Å². The van der Waals surface area contributed by atoms with Crippen molar-refractivity contribution in [2.24, 2.45) is 11.3 Å². The number of aliphatic hydroxyl groups excluding tert-OH is 1. The fourth-order valence-corrected chi connectivity index (χ4v) is 2.28. The van der Waals surface area contributed by atoms with E-state index in [1.165, 1.54) is 0 Å². The third-order valence-corrected chi connectivity index (χ3v) is 3.73. The van der Waals surface area contributed by atoms with Crippen LogP contribution in [0.2, 0.25) is 0 Å². The maximum atomic E-state index is 12.2. The van der Waals surface area contributed by atoms with Gasteiger partial charge in [-0.1, -0.05) is 13.8 Å². The molecule has 2 atom stereocenters. The maximum Gasteiger partial charge on any atom is 0.332 e. The Hall–Kier alpha value is -1.14. The van der Waals surface area contributed by atoms with Crippen LogP contribution in [0.5, 0.6) is 0 Å². The van der Waals surface area contributed by atoms with Gasteiger partial charge in [-0.25, -0.2) is 4.79 Å². The van der Waals surface area contributed by atoms with Crippen LogP contribution in [-0.4, -0.2) is 47.8 Å². The van der Waals surface area contributed by atoms with Crippen molar-refractivity contribution in [3.8, 4) is 0 Å². The molecule has 0 aromatic carbocycles. The summed E-state index contributed by atoms with van der Waals surface area (Å²) < 4.78 is 0. The van der Waals surface area contributed by atoms with E-state index >= 15 is 0 Å². The number of carboxylic acids is 1. The first kappa shape index (κ1) is 14.9. The number of aliphatic hydroxyl groups is 1. The molecule has 0 radical (unpaired) electrons. The van der Waals surface area contributed by atoms with Crippen LogP contribution in [0.4, 0.5) is 0 Å². The molecule has 0 aliphatic carbocycles. The fourth-order valence-electron chi connectivity index (χ4n) is 2.28. The fraction of sp³-hybridized carbons (Fsp3) is 0.833. The summed E-state index contributed by atoms with van der Waals surface area (Å²) in [5.74, 6) is -1.10. The minimum Gasteiger partial charge on any atom is -0.479 e. The van der Waals surface area contributed by atoms with Gasteiger partial charge in [-0.3, -0.25) is 4.79 Å². The minimum atomic E-state index is -1.41. The third-order valence-electron chi connectivity index (χ3n) is 3.73. The highest BCUT2D eigenvalue weighted by Crippen LogP contribution is 2.34. The van der Waals surface area contributed by atoms with E-state index in [0.717, 1.165) is 13.0 Å². The standard InChI is InChI=1S/C12H22N2O4/c1-8(2)12(4-6-13-7-12)11(18)14-5-3-9(15)10(16)17/h8-9,13,15H,3-7H2,1-2H3,(H,14,18)(H,16,17). The van der Waals surface area contributed by atoms with Crippen molar-refractivity contribution in [3.63, 3.8) is 0 Å². The maximum absolute atomic E-state index is 12.2. The van der Waals surface area contributed by atoms with Crippen molar-refractivity contribution in [1.82, 2.24) is 10.6 Å². The molecule has 1 saturated heterocycles. The molecule has 1 aliphatic rings. The van der Waals surface area contributed by atoms with Gasteiger partial charge in [0.05, 0.1) is 5.41 Å². The molecular weight excluding hydrogens is 236 g/mol. The summed E-state index contributed by atoms with van der Waals surface area (Å²) >= 11 is 0. The van der Waals surface area contributed by atoms with Gasteiger partial charge in [-0.2, -0.15) is 0 Å². The van der Waals surface area contributed by atoms with E-state index < -0.39 is 17.5 Å². The Balaban J connectivity index is 2.46. The molecule has 1 amide bonds. The quantitative estimate of drug-likeness (QED) is 0.518. The second-order valence-corrected chi connectivity index (χ2v) is 5.14. The van der Waals surface area contributed by atoms with Crippen LogP contribution >= 0.6 is 0 Å². The molecule has 0 bridgehead atoms. The van der Waals surface area contributed by atoms with Crippen molar-refractivity contribution in [2.75, 3.05) is 19.6 Å². The molecule has 1 aliphatic heterocycles. The Morgan fingerprint density at radius 3 is 2.56 bits per heavy atom. The van der Waals surface area contributed by atoms with Gasteiger partial charge < -0.3 is 20.8 Å². The highest BCUT2D eigenvalue weighted by atomic mass is 16.4. The van der Waals surface area contributed by atoms with Crippen LogP contribution in [0.15, 0.2) is 0 Å². The number of amides is 1. The van der Waals surface area contributed by atoms with Gasteiger partial charge >= 0.3 is 5.97 Å². The first-order valence-electron chi connectivity index (χ1n) is 6.30. The molecule has 1 rings (SSSR count). The van der Waals surface area contributed by atoms with E-state index in [9.17, 15) is 9.59 Å². The first-order chi connectivity index (χ1) is 8.40. The highest BCUT2D eigenvalue weighted by molar-refractivity contribution is 5.83. The van der Waals surface area contributed by atoms with Crippen LogP contribution in [0, 0.1) is 11.3 Å². The molecule has 18 heavy (non-hydrogen) atoms. The van der Waals surface area contributed by atoms with Gasteiger partial charge in [0.1, 0.15) is 0 Å². The Morgan fingerprint density at radius 1 is 1.44 bits per heavy atom. The summed E-state index contributed by atoms with van der Waals surface area (Å²) in [6, 6.07) is 0. The summed E-state index contributed by atoms with van der Waals surface area (Å²) in [6.07, 6.45) is -0.595. The van der Waals surface area contributed by atoms with Gasteiger partial charge in [-0.05, 0) is 18.9 Å². The zero-order valence-corrected chi connectivity index (χ0v) is 10.9. The van der Waals surface area contributed by atoms with E-state index in [1.807, 2.05) is 13.8 Å². The van der Waals surface area contributed by atoms with Crippen LogP contribution in [0.25, 0.3) is 0 Å². The average Bonchev–Trinajstić information content (AvgIpc) is 2.78. The number of carbonyl (C=O) groups excluding carboxylic acids is 1. The molecule has 1 fully saturated rings. The SMILES string of the molecule is CC(C)C1(C(=O)NCCC(O)C(=O)O)CCNC1. The number of carbonyl (C=O) groups is 2. The van der Waals surface area contributed by atoms with Crippen molar-refractivity contribution in [3.05, 3.63) is 0 Å². The lowest BCUT2D eigenvalue weighted by Crippen LogP contribution is -2.46. The monoisotopic (exact) mass is 258 g/mol. The Labute approximate surface area is 107 Å². The minimum absolute atomic E-state index is 0.0304. The molecule has 6 nitrogen and oxygen atoms in total. The summed E-state index contributed by atoms with van der Waals surface area (Å²) in [6.45, 7) is 5.68. The summed E-state index contributed by atoms with van der Waals surface area (Å²) in [5, 5.41) is 23.6. The van der Waals surface area contributed by atoms with Gasteiger partial charge in [-0.15, -0.1) is 0 Å². The smallest absolute Gasteiger partial charge is 0.332 e. The average molecular weight is 258 g/mol. The molecule has 1 heterocycles. The van der Waals surface area contributed by atoms with Gasteiger partial charge in [0.25, 0.3) is 0 Å². The van der Waals surface area contributed by atoms with Crippen LogP contribution in [0.1, 0.15) is 26.7 Å². The molecular formula is C12H22N2O4. The predicted octanol–water partition coefficient (Wildman–Crippen LogP) is -0.426. The molecule has 0 saturated carbocycles. The number of carboxylic acid groups (broad SMARTS) is 1. The van der Waals surface area contributed by atoms with Gasteiger partial charge in [0.15, 0.2) is 6.10 Å². The van der Waals surface area contributed by atoms with E-state index in [1.54, 1.807) is 0 Å². The third kappa shape index (κ3) is 3.20. The largest absolute Gasteiger partial charge is 0.479 e. The van der Waals surface area contributed by atoms with Crippen molar-refractivity contribution >= 4 is 11.9 Å². The lowest BCUT2D eigenvalue weighted by Gasteiger charge is -2.31. The lowest BCUT2D eigenvalue weighted by atomic mass is 9.75. The predicted molar refractivity (Wildman–Crippen MR) is 66.0 cm³/mol. The number of rotatable bonds is 6. The molecule has 2 unspecified atom stereocenters. The van der Waals surface area contributed by atoms with E-state index in [0.29, 0.717) is 6.54 Å². The molecule has 104 valence electrons. The van der Waals surface area contributed by atoms with Crippen LogP contribution < -0.4 is 10.6 Å².